The Balaban J connectivity index is 1.97. The van der Waals surface area contributed by atoms with E-state index in [2.05, 4.69) is 42.3 Å². The van der Waals surface area contributed by atoms with Gasteiger partial charge in [0.25, 0.3) is 5.91 Å². The van der Waals surface area contributed by atoms with E-state index < -0.39 is 6.03 Å². The van der Waals surface area contributed by atoms with Crippen molar-refractivity contribution in [3.63, 3.8) is 0 Å². The molecule has 1 aliphatic heterocycles. The van der Waals surface area contributed by atoms with Crippen LogP contribution in [0, 0.1) is 13.8 Å². The van der Waals surface area contributed by atoms with Gasteiger partial charge in [-0.15, -0.1) is 0 Å². The number of nitrogens with one attached hydrogen (secondary N) is 2. The molecule has 1 aromatic rings. The normalized spacial score (nSPS) is 17.1. The molecule has 120 valence electrons. The fourth-order valence-electron chi connectivity index (χ4n) is 2.96. The van der Waals surface area contributed by atoms with E-state index in [-0.39, 0.29) is 11.9 Å². The number of rotatable bonds is 3. The van der Waals surface area contributed by atoms with Gasteiger partial charge in [0.15, 0.2) is 6.04 Å². The molecule has 1 saturated heterocycles. The molecule has 3 amide bonds. The van der Waals surface area contributed by atoms with Gasteiger partial charge in [-0.25, -0.2) is 4.79 Å². The fraction of sp³-hybridized carbons (Fsp3) is 0.500. The minimum absolute atomic E-state index is 0.270. The molecule has 1 atom stereocenters. The van der Waals surface area contributed by atoms with E-state index in [1.165, 1.54) is 21.7 Å². The standard InChI is InChI=1S/C16H24N4O2/c1-11-5-4-6-14(12(11)2)20-9-7-19(8-10-20)13(3)15(21)18-16(17)22/h4-6,13H,7-10H2,1-3H3,(H3,17,18,21,22)/p+1/t13-/m1/s1. The molecule has 0 unspecified atom stereocenters. The second kappa shape index (κ2) is 6.79. The molecular weight excluding hydrogens is 280 g/mol. The van der Waals surface area contributed by atoms with Gasteiger partial charge in [-0.3, -0.25) is 10.1 Å². The molecule has 0 bridgehead atoms. The molecule has 1 aromatic carbocycles. The van der Waals surface area contributed by atoms with Crippen LogP contribution < -0.4 is 20.9 Å². The van der Waals surface area contributed by atoms with Crippen LogP contribution in [-0.4, -0.2) is 44.2 Å². The fourth-order valence-corrected chi connectivity index (χ4v) is 2.96. The molecule has 2 rings (SSSR count). The molecule has 0 aliphatic carbocycles. The Morgan fingerprint density at radius 1 is 1.27 bits per heavy atom. The molecule has 0 radical (unpaired) electrons. The number of anilines is 1. The van der Waals surface area contributed by atoms with Crippen LogP contribution in [-0.2, 0) is 4.79 Å². The Morgan fingerprint density at radius 3 is 2.50 bits per heavy atom. The average molecular weight is 305 g/mol. The molecule has 1 aliphatic rings. The molecule has 0 aromatic heterocycles. The smallest absolute Gasteiger partial charge is 0.319 e. The zero-order valence-electron chi connectivity index (χ0n) is 13.5. The van der Waals surface area contributed by atoms with Crippen molar-refractivity contribution in [3.8, 4) is 0 Å². The summed E-state index contributed by atoms with van der Waals surface area (Å²) in [5, 5.41) is 2.16. The SMILES string of the molecule is Cc1cccc(N2CC[NH+]([C@H](C)C(=O)NC(N)=O)CC2)c1C. The zero-order chi connectivity index (χ0) is 16.3. The van der Waals surface area contributed by atoms with Crippen molar-refractivity contribution in [2.24, 2.45) is 5.73 Å². The lowest BCUT2D eigenvalue weighted by molar-refractivity contribution is -0.914. The minimum Gasteiger partial charge on any atom is -0.360 e. The molecule has 6 heteroatoms. The molecule has 6 nitrogen and oxygen atoms in total. The van der Waals surface area contributed by atoms with Crippen molar-refractivity contribution in [1.82, 2.24) is 5.32 Å². The molecule has 1 fully saturated rings. The Morgan fingerprint density at radius 2 is 1.91 bits per heavy atom. The summed E-state index contributed by atoms with van der Waals surface area (Å²) >= 11 is 0. The Labute approximate surface area is 131 Å². The summed E-state index contributed by atoms with van der Waals surface area (Å²) in [5.41, 5.74) is 8.88. The third-order valence-corrected chi connectivity index (χ3v) is 4.57. The van der Waals surface area contributed by atoms with Crippen LogP contribution >= 0.6 is 0 Å². The highest BCUT2D eigenvalue weighted by Gasteiger charge is 2.30. The number of hydrogen-bond donors (Lipinski definition) is 3. The van der Waals surface area contributed by atoms with E-state index in [1.807, 2.05) is 6.92 Å². The van der Waals surface area contributed by atoms with Crippen molar-refractivity contribution in [1.29, 1.82) is 0 Å². The predicted octanol–water partition coefficient (Wildman–Crippen LogP) is -0.408. The highest BCUT2D eigenvalue weighted by atomic mass is 16.2. The van der Waals surface area contributed by atoms with Crippen LogP contribution in [0.4, 0.5) is 10.5 Å². The third kappa shape index (κ3) is 3.57. The average Bonchev–Trinajstić information content (AvgIpc) is 2.49. The predicted molar refractivity (Wildman–Crippen MR) is 86.0 cm³/mol. The van der Waals surface area contributed by atoms with Crippen molar-refractivity contribution in [2.75, 3.05) is 31.1 Å². The second-order valence-corrected chi connectivity index (χ2v) is 5.94. The molecule has 0 saturated carbocycles. The van der Waals surface area contributed by atoms with E-state index in [0.29, 0.717) is 0 Å². The number of nitrogens with zero attached hydrogens (tertiary/aromatic N) is 1. The van der Waals surface area contributed by atoms with Gasteiger partial charge in [-0.1, -0.05) is 12.1 Å². The van der Waals surface area contributed by atoms with Gasteiger partial charge in [0.2, 0.25) is 0 Å². The van der Waals surface area contributed by atoms with Crippen molar-refractivity contribution in [3.05, 3.63) is 29.3 Å². The van der Waals surface area contributed by atoms with Crippen molar-refractivity contribution < 1.29 is 14.5 Å². The highest BCUT2D eigenvalue weighted by Crippen LogP contribution is 2.22. The van der Waals surface area contributed by atoms with Crippen LogP contribution in [0.15, 0.2) is 18.2 Å². The van der Waals surface area contributed by atoms with Gasteiger partial charge in [-0.05, 0) is 38.0 Å². The van der Waals surface area contributed by atoms with E-state index in [9.17, 15) is 9.59 Å². The van der Waals surface area contributed by atoms with Gasteiger partial charge >= 0.3 is 6.03 Å². The maximum atomic E-state index is 11.9. The van der Waals surface area contributed by atoms with E-state index in [0.717, 1.165) is 26.2 Å². The first-order valence-corrected chi connectivity index (χ1v) is 7.66. The number of carbonyl (C=O) groups excluding carboxylic acids is 2. The number of aryl methyl sites for hydroxylation is 1. The Hall–Kier alpha value is -2.08. The first-order valence-electron chi connectivity index (χ1n) is 7.66. The van der Waals surface area contributed by atoms with Crippen molar-refractivity contribution >= 4 is 17.6 Å². The number of nitrogens with two attached hydrogens (primary N) is 1. The molecule has 0 spiro atoms. The Bertz CT molecular complexity index is 565. The molecule has 1 heterocycles. The number of amides is 3. The molecule has 22 heavy (non-hydrogen) atoms. The van der Waals surface area contributed by atoms with Crippen LogP contribution in [0.2, 0.25) is 0 Å². The summed E-state index contributed by atoms with van der Waals surface area (Å²) < 4.78 is 0. The van der Waals surface area contributed by atoms with E-state index in [1.54, 1.807) is 0 Å². The monoisotopic (exact) mass is 305 g/mol. The van der Waals surface area contributed by atoms with Crippen LogP contribution in [0.3, 0.4) is 0 Å². The molecule has 4 N–H and O–H groups in total. The summed E-state index contributed by atoms with van der Waals surface area (Å²) in [4.78, 5) is 26.2. The summed E-state index contributed by atoms with van der Waals surface area (Å²) in [6.07, 6.45) is 0. The number of carbonyl (C=O) groups is 2. The number of quaternary nitrogens is 1. The van der Waals surface area contributed by atoms with Crippen LogP contribution in [0.1, 0.15) is 18.1 Å². The lowest BCUT2D eigenvalue weighted by Crippen LogP contribution is -3.19. The first kappa shape index (κ1) is 16.3. The maximum Gasteiger partial charge on any atom is 0.319 e. The first-order chi connectivity index (χ1) is 10.4. The number of hydrogen-bond acceptors (Lipinski definition) is 3. The van der Waals surface area contributed by atoms with Crippen LogP contribution in [0.5, 0.6) is 0 Å². The zero-order valence-corrected chi connectivity index (χ0v) is 13.5. The van der Waals surface area contributed by atoms with Crippen LogP contribution in [0.25, 0.3) is 0 Å². The van der Waals surface area contributed by atoms with Gasteiger partial charge in [0.05, 0.1) is 26.2 Å². The number of urea groups is 1. The van der Waals surface area contributed by atoms with E-state index in [4.69, 9.17) is 5.73 Å². The quantitative estimate of drug-likeness (QED) is 0.710. The largest absolute Gasteiger partial charge is 0.360 e. The van der Waals surface area contributed by atoms with Crippen molar-refractivity contribution in [2.45, 2.75) is 26.8 Å². The number of benzene rings is 1. The third-order valence-electron chi connectivity index (χ3n) is 4.57. The van der Waals surface area contributed by atoms with Gasteiger partial charge in [0.1, 0.15) is 0 Å². The number of primary amides is 1. The topological polar surface area (TPSA) is 79.9 Å². The summed E-state index contributed by atoms with van der Waals surface area (Å²) in [5.74, 6) is -0.303. The Kier molecular flexibility index (Phi) is 5.03. The lowest BCUT2D eigenvalue weighted by atomic mass is 10.1. The summed E-state index contributed by atoms with van der Waals surface area (Å²) in [6, 6.07) is 5.30. The number of imide groups is 1. The molecular formula is C16H25N4O2+. The van der Waals surface area contributed by atoms with Gasteiger partial charge < -0.3 is 15.5 Å². The van der Waals surface area contributed by atoms with E-state index >= 15 is 0 Å². The summed E-state index contributed by atoms with van der Waals surface area (Å²) in [7, 11) is 0. The summed E-state index contributed by atoms with van der Waals surface area (Å²) in [6.45, 7) is 9.62. The second-order valence-electron chi connectivity index (χ2n) is 5.94. The number of piperazine rings is 1. The minimum atomic E-state index is -0.787. The lowest BCUT2D eigenvalue weighted by Gasteiger charge is -2.36. The maximum absolute atomic E-state index is 11.9. The highest BCUT2D eigenvalue weighted by molar-refractivity contribution is 5.95. The van der Waals surface area contributed by atoms with Gasteiger partial charge in [-0.2, -0.15) is 0 Å². The van der Waals surface area contributed by atoms with Gasteiger partial charge in [0, 0.05) is 5.69 Å².